The van der Waals surface area contributed by atoms with Gasteiger partial charge in [0.2, 0.25) is 5.91 Å². The molecule has 1 fully saturated rings. The van der Waals surface area contributed by atoms with Crippen LogP contribution in [-0.4, -0.2) is 58.5 Å². The molecule has 92 valence electrons. The first kappa shape index (κ1) is 12.9. The zero-order valence-corrected chi connectivity index (χ0v) is 8.72. The summed E-state index contributed by atoms with van der Waals surface area (Å²) in [6, 6.07) is -0.433. The molecule has 0 spiro atoms. The van der Waals surface area contributed by atoms with Gasteiger partial charge in [-0.3, -0.25) is 4.79 Å². The Bertz CT molecular complexity index is 271. The van der Waals surface area contributed by atoms with E-state index in [0.717, 1.165) is 0 Å². The zero-order chi connectivity index (χ0) is 12.1. The topological polar surface area (TPSA) is 119 Å². The number of β-amino-alcohol motifs (C(OH)–C–C–N with tert-alkyl or cyclic N) is 1. The Labute approximate surface area is 92.5 Å². The minimum absolute atomic E-state index is 0.0314. The predicted molar refractivity (Wildman–Crippen MR) is 53.7 cm³/mol. The number of carboxylic acids is 1. The average Bonchev–Trinajstić information content (AvgIpc) is 2.64. The van der Waals surface area contributed by atoms with Crippen LogP contribution in [0.2, 0.25) is 0 Å². The molecule has 1 saturated heterocycles. The van der Waals surface area contributed by atoms with Crippen LogP contribution in [0.25, 0.3) is 0 Å². The lowest BCUT2D eigenvalue weighted by molar-refractivity contribution is -0.147. The van der Waals surface area contributed by atoms with Gasteiger partial charge in [-0.1, -0.05) is 0 Å². The molecule has 0 saturated carbocycles. The molecule has 5 N–H and O–H groups in total. The first-order valence-electron chi connectivity index (χ1n) is 5.10. The monoisotopic (exact) mass is 232 g/mol. The van der Waals surface area contributed by atoms with Crippen LogP contribution in [0.5, 0.6) is 0 Å². The number of aliphatic carboxylic acids is 1. The van der Waals surface area contributed by atoms with E-state index < -0.39 is 24.2 Å². The van der Waals surface area contributed by atoms with Gasteiger partial charge in [0.25, 0.3) is 0 Å². The van der Waals surface area contributed by atoms with Gasteiger partial charge in [-0.05, 0) is 6.42 Å². The van der Waals surface area contributed by atoms with E-state index in [1.165, 1.54) is 0 Å². The number of carboxylic acid groups (broad SMARTS) is 1. The Morgan fingerprint density at radius 2 is 2.19 bits per heavy atom. The van der Waals surface area contributed by atoms with Crippen LogP contribution >= 0.6 is 0 Å². The molecule has 16 heavy (non-hydrogen) atoms. The highest BCUT2D eigenvalue weighted by Gasteiger charge is 2.27. The van der Waals surface area contributed by atoms with Gasteiger partial charge in [0.1, 0.15) is 0 Å². The molecule has 3 atom stereocenters. The van der Waals surface area contributed by atoms with Gasteiger partial charge in [-0.25, -0.2) is 4.79 Å². The Morgan fingerprint density at radius 1 is 1.50 bits per heavy atom. The zero-order valence-electron chi connectivity index (χ0n) is 8.72. The number of carbonyl (C=O) groups excluding carboxylic acids is 1. The first-order chi connectivity index (χ1) is 7.50. The Kier molecular flexibility index (Phi) is 4.66. The van der Waals surface area contributed by atoms with Crippen LogP contribution in [0.4, 0.5) is 0 Å². The van der Waals surface area contributed by atoms with E-state index in [2.05, 4.69) is 10.6 Å². The largest absolute Gasteiger partial charge is 0.479 e. The van der Waals surface area contributed by atoms with E-state index >= 15 is 0 Å². The molecule has 7 heteroatoms. The summed E-state index contributed by atoms with van der Waals surface area (Å²) in [7, 11) is 0. The second-order valence-electron chi connectivity index (χ2n) is 3.78. The smallest absolute Gasteiger partial charge is 0.332 e. The highest BCUT2D eigenvalue weighted by atomic mass is 16.4. The number of amides is 1. The highest BCUT2D eigenvalue weighted by molar-refractivity contribution is 5.82. The van der Waals surface area contributed by atoms with Crippen molar-refractivity contribution in [3.05, 3.63) is 0 Å². The van der Waals surface area contributed by atoms with Gasteiger partial charge in [-0.2, -0.15) is 0 Å². The minimum atomic E-state index is -1.46. The molecule has 1 aliphatic heterocycles. The first-order valence-corrected chi connectivity index (χ1v) is 5.10. The fourth-order valence-corrected chi connectivity index (χ4v) is 1.50. The molecule has 1 amide bonds. The summed E-state index contributed by atoms with van der Waals surface area (Å²) in [6.45, 7) is 0.483. The van der Waals surface area contributed by atoms with Crippen LogP contribution in [0, 0.1) is 0 Å². The fraction of sp³-hybridized carbons (Fsp3) is 0.778. The maximum absolute atomic E-state index is 11.4. The number of aliphatic hydroxyl groups is 2. The number of carbonyl (C=O) groups is 2. The molecular formula is C9H16N2O5. The summed E-state index contributed by atoms with van der Waals surface area (Å²) in [6.07, 6.45) is -1.65. The Balaban J connectivity index is 2.18. The lowest BCUT2D eigenvalue weighted by Crippen LogP contribution is -2.41. The summed E-state index contributed by atoms with van der Waals surface area (Å²) in [5.74, 6) is -1.59. The van der Waals surface area contributed by atoms with Crippen molar-refractivity contribution in [2.24, 2.45) is 0 Å². The third-order valence-corrected chi connectivity index (χ3v) is 2.43. The minimum Gasteiger partial charge on any atom is -0.479 e. The summed E-state index contributed by atoms with van der Waals surface area (Å²) >= 11 is 0. The summed E-state index contributed by atoms with van der Waals surface area (Å²) < 4.78 is 0. The van der Waals surface area contributed by atoms with E-state index in [1.54, 1.807) is 0 Å². The van der Waals surface area contributed by atoms with Crippen molar-refractivity contribution >= 4 is 11.9 Å². The molecule has 7 nitrogen and oxygen atoms in total. The van der Waals surface area contributed by atoms with Crippen molar-refractivity contribution < 1.29 is 24.9 Å². The molecule has 0 aliphatic carbocycles. The molecule has 0 radical (unpaired) electrons. The van der Waals surface area contributed by atoms with Gasteiger partial charge in [-0.15, -0.1) is 0 Å². The van der Waals surface area contributed by atoms with Crippen molar-refractivity contribution in [3.8, 4) is 0 Å². The lowest BCUT2D eigenvalue weighted by Gasteiger charge is -2.11. The van der Waals surface area contributed by atoms with Crippen LogP contribution in [0.1, 0.15) is 12.8 Å². The maximum Gasteiger partial charge on any atom is 0.332 e. The van der Waals surface area contributed by atoms with Gasteiger partial charge >= 0.3 is 5.97 Å². The fourth-order valence-electron chi connectivity index (χ4n) is 1.50. The predicted octanol–water partition coefficient (Wildman–Crippen LogP) is -2.34. The summed E-state index contributed by atoms with van der Waals surface area (Å²) in [5.41, 5.74) is 0. The van der Waals surface area contributed by atoms with E-state index in [1.807, 2.05) is 0 Å². The second kappa shape index (κ2) is 5.78. The third-order valence-electron chi connectivity index (χ3n) is 2.43. The van der Waals surface area contributed by atoms with Crippen molar-refractivity contribution in [2.75, 3.05) is 13.1 Å². The number of hydrogen-bond donors (Lipinski definition) is 5. The summed E-state index contributed by atoms with van der Waals surface area (Å²) in [4.78, 5) is 21.7. The van der Waals surface area contributed by atoms with E-state index in [0.29, 0.717) is 13.0 Å². The van der Waals surface area contributed by atoms with Crippen molar-refractivity contribution in [1.82, 2.24) is 10.6 Å². The third kappa shape index (κ3) is 3.76. The van der Waals surface area contributed by atoms with Crippen LogP contribution < -0.4 is 10.6 Å². The van der Waals surface area contributed by atoms with Crippen LogP contribution in [0.15, 0.2) is 0 Å². The van der Waals surface area contributed by atoms with E-state index in [4.69, 9.17) is 10.2 Å². The standard InChI is InChI=1S/C9H16N2O5/c12-5-3-6(11-4-5)8(14)10-2-1-7(13)9(15)16/h5-7,11-13H,1-4H2,(H,10,14)(H,15,16). The quantitative estimate of drug-likeness (QED) is 0.362. The van der Waals surface area contributed by atoms with Gasteiger partial charge in [0, 0.05) is 19.5 Å². The maximum atomic E-state index is 11.4. The average molecular weight is 232 g/mol. The molecule has 3 unspecified atom stereocenters. The molecular weight excluding hydrogens is 216 g/mol. The van der Waals surface area contributed by atoms with Crippen molar-refractivity contribution in [1.29, 1.82) is 0 Å². The molecule has 0 bridgehead atoms. The summed E-state index contributed by atoms with van der Waals surface area (Å²) in [5, 5.41) is 31.8. The number of nitrogens with one attached hydrogen (secondary N) is 2. The van der Waals surface area contributed by atoms with E-state index in [9.17, 15) is 14.7 Å². The van der Waals surface area contributed by atoms with Crippen LogP contribution in [-0.2, 0) is 9.59 Å². The highest BCUT2D eigenvalue weighted by Crippen LogP contribution is 2.05. The number of hydrogen-bond acceptors (Lipinski definition) is 5. The van der Waals surface area contributed by atoms with Gasteiger partial charge in [0.05, 0.1) is 12.1 Å². The van der Waals surface area contributed by atoms with Gasteiger partial charge in [0.15, 0.2) is 6.10 Å². The lowest BCUT2D eigenvalue weighted by atomic mass is 10.2. The molecule has 1 rings (SSSR count). The normalized spacial score (nSPS) is 26.4. The molecule has 0 aromatic heterocycles. The molecule has 1 aliphatic rings. The number of rotatable bonds is 5. The van der Waals surface area contributed by atoms with Crippen molar-refractivity contribution in [3.63, 3.8) is 0 Å². The molecule has 1 heterocycles. The number of aliphatic hydroxyl groups excluding tert-OH is 2. The van der Waals surface area contributed by atoms with Gasteiger partial charge < -0.3 is 26.0 Å². The Hall–Kier alpha value is -1.18. The van der Waals surface area contributed by atoms with Crippen molar-refractivity contribution in [2.45, 2.75) is 31.1 Å². The Morgan fingerprint density at radius 3 is 2.69 bits per heavy atom. The molecule has 0 aromatic carbocycles. The van der Waals surface area contributed by atoms with E-state index in [-0.39, 0.29) is 18.9 Å². The SMILES string of the molecule is O=C(O)C(O)CCNC(=O)C1CC(O)CN1. The van der Waals surface area contributed by atoms with Crippen LogP contribution in [0.3, 0.4) is 0 Å². The second-order valence-corrected chi connectivity index (χ2v) is 3.78. The molecule has 0 aromatic rings.